The first-order chi connectivity index (χ1) is 12.6. The van der Waals surface area contributed by atoms with Gasteiger partial charge in [0.15, 0.2) is 5.54 Å². The van der Waals surface area contributed by atoms with Crippen molar-refractivity contribution in [2.75, 3.05) is 6.61 Å². The Balaban J connectivity index is 2.03. The topological polar surface area (TPSA) is 71.3 Å². The number of hydrogen-bond donors (Lipinski definition) is 1. The fraction of sp³-hybridized carbons (Fsp3) is 0.222. The van der Waals surface area contributed by atoms with E-state index in [1.54, 1.807) is 24.3 Å². The van der Waals surface area contributed by atoms with Crippen LogP contribution < -0.4 is 14.8 Å². The van der Waals surface area contributed by atoms with Gasteiger partial charge in [-0.15, -0.1) is 13.2 Å². The van der Waals surface area contributed by atoms with Gasteiger partial charge in [-0.05, 0) is 43.3 Å². The van der Waals surface area contributed by atoms with Crippen molar-refractivity contribution in [2.45, 2.75) is 18.8 Å². The minimum absolute atomic E-state index is 0.0590. The molecule has 0 saturated carbocycles. The molecule has 1 N–H and O–H groups in total. The van der Waals surface area contributed by atoms with E-state index in [1.807, 2.05) is 6.07 Å². The molecule has 0 aliphatic carbocycles. The Morgan fingerprint density at radius 2 is 1.81 bits per heavy atom. The number of rotatable bonds is 6. The van der Waals surface area contributed by atoms with Crippen LogP contribution in [-0.4, -0.2) is 24.4 Å². The van der Waals surface area contributed by atoms with Crippen LogP contribution in [0.3, 0.4) is 0 Å². The average molecular weight is 399 g/mol. The quantitative estimate of drug-likeness (QED) is 0.786. The van der Waals surface area contributed by atoms with E-state index >= 15 is 0 Å². The standard InChI is InChI=1S/C18H14ClF3N2O3/c1-17(10-23,11-26-15-5-3-2-4-14(15)19)24-16(25)12-6-8-13(9-7-12)27-18(20,21)22/h2-9H,11H2,1H3,(H,24,25). The molecule has 1 amide bonds. The number of nitriles is 1. The first-order valence-corrected chi connectivity index (χ1v) is 7.96. The van der Waals surface area contributed by atoms with Gasteiger partial charge in [0.2, 0.25) is 0 Å². The predicted octanol–water partition coefficient (Wildman–Crippen LogP) is 4.33. The summed E-state index contributed by atoms with van der Waals surface area (Å²) in [6.07, 6.45) is -4.82. The highest BCUT2D eigenvalue weighted by molar-refractivity contribution is 6.32. The Labute approximate surface area is 158 Å². The van der Waals surface area contributed by atoms with E-state index in [0.717, 1.165) is 24.3 Å². The Bertz CT molecular complexity index is 850. The monoisotopic (exact) mass is 398 g/mol. The third-order valence-electron chi connectivity index (χ3n) is 3.34. The largest absolute Gasteiger partial charge is 0.573 e. The second-order valence-corrected chi connectivity index (χ2v) is 6.10. The Morgan fingerprint density at radius 1 is 1.19 bits per heavy atom. The first kappa shape index (κ1) is 20.4. The molecule has 0 saturated heterocycles. The summed E-state index contributed by atoms with van der Waals surface area (Å²) >= 11 is 5.97. The van der Waals surface area contributed by atoms with E-state index < -0.39 is 23.6 Å². The van der Waals surface area contributed by atoms with Crippen LogP contribution >= 0.6 is 11.6 Å². The number of nitrogens with zero attached hydrogens (tertiary/aromatic N) is 1. The number of para-hydroxylation sites is 1. The number of carbonyl (C=O) groups is 1. The maximum atomic E-state index is 12.3. The summed E-state index contributed by atoms with van der Waals surface area (Å²) in [4.78, 5) is 12.3. The molecular weight excluding hydrogens is 385 g/mol. The van der Waals surface area contributed by atoms with Gasteiger partial charge in [0.25, 0.3) is 5.91 Å². The van der Waals surface area contributed by atoms with Crippen LogP contribution in [0.4, 0.5) is 13.2 Å². The van der Waals surface area contributed by atoms with Crippen molar-refractivity contribution in [1.82, 2.24) is 5.32 Å². The molecule has 142 valence electrons. The van der Waals surface area contributed by atoms with Crippen molar-refractivity contribution >= 4 is 17.5 Å². The highest BCUT2D eigenvalue weighted by atomic mass is 35.5. The number of halogens is 4. The normalized spacial score (nSPS) is 13.2. The van der Waals surface area contributed by atoms with Gasteiger partial charge >= 0.3 is 6.36 Å². The molecule has 0 aliphatic rings. The van der Waals surface area contributed by atoms with E-state index in [-0.39, 0.29) is 12.2 Å². The zero-order valence-corrected chi connectivity index (χ0v) is 14.8. The zero-order valence-electron chi connectivity index (χ0n) is 14.0. The SMILES string of the molecule is CC(C#N)(COc1ccccc1Cl)NC(=O)c1ccc(OC(F)(F)F)cc1. The number of carbonyl (C=O) groups excluding carboxylic acids is 1. The van der Waals surface area contributed by atoms with Crippen molar-refractivity contribution in [1.29, 1.82) is 5.26 Å². The summed E-state index contributed by atoms with van der Waals surface area (Å²) < 4.78 is 45.7. The minimum atomic E-state index is -4.82. The van der Waals surface area contributed by atoms with E-state index in [1.165, 1.54) is 6.92 Å². The van der Waals surface area contributed by atoms with Crippen molar-refractivity contribution in [3.05, 3.63) is 59.1 Å². The molecule has 0 aliphatic heterocycles. The van der Waals surface area contributed by atoms with Crippen LogP contribution in [0.25, 0.3) is 0 Å². The molecule has 5 nitrogen and oxygen atoms in total. The van der Waals surface area contributed by atoms with Gasteiger partial charge in [-0.3, -0.25) is 4.79 Å². The van der Waals surface area contributed by atoms with Crippen LogP contribution in [0.5, 0.6) is 11.5 Å². The van der Waals surface area contributed by atoms with Crippen molar-refractivity contribution in [2.24, 2.45) is 0 Å². The van der Waals surface area contributed by atoms with Crippen LogP contribution in [0, 0.1) is 11.3 Å². The van der Waals surface area contributed by atoms with Gasteiger partial charge in [0.1, 0.15) is 18.1 Å². The molecule has 0 fully saturated rings. The number of nitrogens with one attached hydrogen (secondary N) is 1. The number of alkyl halides is 3. The Morgan fingerprint density at radius 3 is 2.37 bits per heavy atom. The molecular formula is C18H14ClF3N2O3. The molecule has 0 bridgehead atoms. The average Bonchev–Trinajstić information content (AvgIpc) is 2.60. The molecule has 0 heterocycles. The molecule has 2 aromatic rings. The fourth-order valence-electron chi connectivity index (χ4n) is 2.01. The lowest BCUT2D eigenvalue weighted by Gasteiger charge is -2.23. The van der Waals surface area contributed by atoms with Gasteiger partial charge in [-0.1, -0.05) is 23.7 Å². The second kappa shape index (κ2) is 8.18. The minimum Gasteiger partial charge on any atom is -0.488 e. The highest BCUT2D eigenvalue weighted by Gasteiger charge is 2.31. The molecule has 27 heavy (non-hydrogen) atoms. The summed E-state index contributed by atoms with van der Waals surface area (Å²) in [6.45, 7) is 1.26. The van der Waals surface area contributed by atoms with Crippen molar-refractivity contribution < 1.29 is 27.4 Å². The summed E-state index contributed by atoms with van der Waals surface area (Å²) in [5.41, 5.74) is -1.33. The lowest BCUT2D eigenvalue weighted by atomic mass is 10.1. The van der Waals surface area contributed by atoms with Gasteiger partial charge in [0.05, 0.1) is 11.1 Å². The predicted molar refractivity (Wildman–Crippen MR) is 91.6 cm³/mol. The molecule has 0 spiro atoms. The number of benzene rings is 2. The van der Waals surface area contributed by atoms with Crippen molar-refractivity contribution in [3.8, 4) is 17.6 Å². The number of ether oxygens (including phenoxy) is 2. The van der Waals surface area contributed by atoms with E-state index in [2.05, 4.69) is 10.1 Å². The zero-order chi connectivity index (χ0) is 20.1. The van der Waals surface area contributed by atoms with Crippen LogP contribution in [0.1, 0.15) is 17.3 Å². The molecule has 2 aromatic carbocycles. The molecule has 0 aromatic heterocycles. The second-order valence-electron chi connectivity index (χ2n) is 5.69. The van der Waals surface area contributed by atoms with Crippen LogP contribution in [0.15, 0.2) is 48.5 Å². The van der Waals surface area contributed by atoms with E-state index in [0.29, 0.717) is 10.8 Å². The third-order valence-corrected chi connectivity index (χ3v) is 3.65. The van der Waals surface area contributed by atoms with Gasteiger partial charge in [-0.2, -0.15) is 5.26 Å². The molecule has 1 atom stereocenters. The summed E-state index contributed by atoms with van der Waals surface area (Å²) in [5.74, 6) is -0.756. The van der Waals surface area contributed by atoms with Crippen molar-refractivity contribution in [3.63, 3.8) is 0 Å². The van der Waals surface area contributed by atoms with Gasteiger partial charge < -0.3 is 14.8 Å². The number of amides is 1. The summed E-state index contributed by atoms with van der Waals surface area (Å²) in [5, 5.41) is 12.2. The van der Waals surface area contributed by atoms with Crippen LogP contribution in [0.2, 0.25) is 5.02 Å². The Kier molecular flexibility index (Phi) is 6.18. The first-order valence-electron chi connectivity index (χ1n) is 7.59. The summed E-state index contributed by atoms with van der Waals surface area (Å²) in [7, 11) is 0. The van der Waals surface area contributed by atoms with Gasteiger partial charge in [-0.25, -0.2) is 0 Å². The van der Waals surface area contributed by atoms with Gasteiger partial charge in [0, 0.05) is 5.56 Å². The molecule has 9 heteroatoms. The maximum Gasteiger partial charge on any atom is 0.573 e. The van der Waals surface area contributed by atoms with E-state index in [9.17, 15) is 23.2 Å². The number of hydrogen-bond acceptors (Lipinski definition) is 4. The molecule has 1 unspecified atom stereocenters. The fourth-order valence-corrected chi connectivity index (χ4v) is 2.20. The third kappa shape index (κ3) is 6.08. The lowest BCUT2D eigenvalue weighted by Crippen LogP contribution is -2.49. The maximum absolute atomic E-state index is 12.3. The lowest BCUT2D eigenvalue weighted by molar-refractivity contribution is -0.274. The molecule has 0 radical (unpaired) electrons. The smallest absolute Gasteiger partial charge is 0.488 e. The van der Waals surface area contributed by atoms with Crippen LogP contribution in [-0.2, 0) is 0 Å². The molecule has 2 rings (SSSR count). The highest BCUT2D eigenvalue weighted by Crippen LogP contribution is 2.25. The summed E-state index contributed by atoms with van der Waals surface area (Å²) in [6, 6.07) is 12.9. The Hall–Kier alpha value is -2.92. The van der Waals surface area contributed by atoms with E-state index in [4.69, 9.17) is 16.3 Å².